The Hall–Kier alpha value is -3.21. The molecule has 24 heavy (non-hydrogen) atoms. The Balaban J connectivity index is 0.000000138. The molecule has 120 valence electrons. The summed E-state index contributed by atoms with van der Waals surface area (Å²) in [7, 11) is 0. The molecule has 0 aliphatic carbocycles. The summed E-state index contributed by atoms with van der Waals surface area (Å²) in [6, 6.07) is 19.1. The summed E-state index contributed by atoms with van der Waals surface area (Å²) < 4.78 is 20.6. The number of rotatable bonds is 0. The Morgan fingerprint density at radius 2 is 1.42 bits per heavy atom. The van der Waals surface area contributed by atoms with Gasteiger partial charge in [-0.1, -0.05) is 42.5 Å². The van der Waals surface area contributed by atoms with Gasteiger partial charge in [-0.15, -0.1) is 0 Å². The van der Waals surface area contributed by atoms with Gasteiger partial charge in [-0.05, 0) is 23.6 Å². The van der Waals surface area contributed by atoms with Gasteiger partial charge in [-0.3, -0.25) is 0 Å². The maximum atomic E-state index is 11.1. The van der Waals surface area contributed by atoms with Crippen LogP contribution in [0.4, 0.5) is 0 Å². The predicted molar refractivity (Wildman–Crippen MR) is 87.6 cm³/mol. The molecule has 0 radical (unpaired) electrons. The topological polar surface area (TPSA) is 54.0 Å². The van der Waals surface area contributed by atoms with Crippen LogP contribution in [0.1, 0.15) is 0 Å². The molecule has 0 saturated carbocycles. The van der Waals surface area contributed by atoms with Gasteiger partial charge in [0.1, 0.15) is 0 Å². The molecule has 0 atom stereocenters. The molecular weight excluding hydrogens is 308 g/mol. The van der Waals surface area contributed by atoms with Gasteiger partial charge in [0.05, 0.1) is 0 Å². The Bertz CT molecular complexity index is 880. The Morgan fingerprint density at radius 1 is 0.708 bits per heavy atom. The van der Waals surface area contributed by atoms with E-state index < -0.39 is 0 Å². The maximum Gasteiger partial charge on any atom is 0.349 e. The molecule has 5 heteroatoms. The number of hydrogen-bond donors (Lipinski definition) is 0. The first kappa shape index (κ1) is 14.4. The summed E-state index contributed by atoms with van der Waals surface area (Å²) in [6.45, 7) is 0.352. The lowest BCUT2D eigenvalue weighted by molar-refractivity contribution is -0.138. The van der Waals surface area contributed by atoms with Gasteiger partial charge in [0, 0.05) is 5.39 Å². The van der Waals surface area contributed by atoms with Gasteiger partial charge in [-0.25, -0.2) is 4.79 Å². The summed E-state index contributed by atoms with van der Waals surface area (Å²) in [4.78, 5) is 11.1. The zero-order valence-corrected chi connectivity index (χ0v) is 12.7. The standard InChI is InChI=1S/C12H8O3.C7H6O2/c13-11-7-14-10-6-5-8-3-1-2-4-9(8)12(10)15-11;1-2-4-7-6(3-1)8-5-9-7/h1-6H,7H2;1-4H,5H2. The largest absolute Gasteiger partial charge is 0.478 e. The van der Waals surface area contributed by atoms with Crippen molar-refractivity contribution in [3.05, 3.63) is 60.7 Å². The molecule has 3 aromatic rings. The fourth-order valence-corrected chi connectivity index (χ4v) is 2.57. The lowest BCUT2D eigenvalue weighted by atomic mass is 10.1. The second-order valence-electron chi connectivity index (χ2n) is 5.23. The summed E-state index contributed by atoms with van der Waals surface area (Å²) in [5, 5.41) is 1.94. The number of para-hydroxylation sites is 2. The fraction of sp³-hybridized carbons (Fsp3) is 0.105. The molecule has 5 nitrogen and oxygen atoms in total. The van der Waals surface area contributed by atoms with Crippen molar-refractivity contribution in [2.75, 3.05) is 13.4 Å². The summed E-state index contributed by atoms with van der Waals surface area (Å²) in [5.74, 6) is 2.51. The molecule has 0 unspecified atom stereocenters. The monoisotopic (exact) mass is 322 g/mol. The molecule has 2 aliphatic rings. The minimum atomic E-state index is -0.348. The highest BCUT2D eigenvalue weighted by Gasteiger charge is 2.20. The van der Waals surface area contributed by atoms with E-state index in [0.717, 1.165) is 22.3 Å². The number of fused-ring (bicyclic) bond motifs is 4. The quantitative estimate of drug-likeness (QED) is 0.468. The van der Waals surface area contributed by atoms with Crippen LogP contribution in [0.25, 0.3) is 10.8 Å². The normalized spacial score (nSPS) is 14.1. The van der Waals surface area contributed by atoms with Crippen LogP contribution in [0.2, 0.25) is 0 Å². The second-order valence-corrected chi connectivity index (χ2v) is 5.23. The van der Waals surface area contributed by atoms with E-state index in [1.807, 2.05) is 60.7 Å². The van der Waals surface area contributed by atoms with Gasteiger partial charge >= 0.3 is 5.97 Å². The molecular formula is C19H14O5. The van der Waals surface area contributed by atoms with Crippen molar-refractivity contribution in [1.29, 1.82) is 0 Å². The lowest BCUT2D eigenvalue weighted by Crippen LogP contribution is -2.22. The molecule has 0 N–H and O–H groups in total. The van der Waals surface area contributed by atoms with Crippen molar-refractivity contribution >= 4 is 16.7 Å². The van der Waals surface area contributed by atoms with Crippen LogP contribution in [0, 0.1) is 0 Å². The third kappa shape index (κ3) is 2.72. The molecule has 0 spiro atoms. The predicted octanol–water partition coefficient (Wildman–Crippen LogP) is 3.55. The van der Waals surface area contributed by atoms with Crippen molar-refractivity contribution in [3.8, 4) is 23.0 Å². The highest BCUT2D eigenvalue weighted by molar-refractivity contribution is 5.94. The fourth-order valence-electron chi connectivity index (χ4n) is 2.57. The van der Waals surface area contributed by atoms with Crippen LogP contribution >= 0.6 is 0 Å². The zero-order valence-electron chi connectivity index (χ0n) is 12.7. The Labute approximate surface area is 138 Å². The van der Waals surface area contributed by atoms with Crippen molar-refractivity contribution in [2.45, 2.75) is 0 Å². The molecule has 2 heterocycles. The van der Waals surface area contributed by atoms with Gasteiger partial charge in [0.15, 0.2) is 29.6 Å². The second kappa shape index (κ2) is 6.12. The van der Waals surface area contributed by atoms with E-state index >= 15 is 0 Å². The summed E-state index contributed by atoms with van der Waals surface area (Å²) >= 11 is 0. The van der Waals surface area contributed by atoms with Crippen molar-refractivity contribution in [2.24, 2.45) is 0 Å². The van der Waals surface area contributed by atoms with E-state index in [1.54, 1.807) is 0 Å². The number of carbonyl (C=O) groups is 1. The minimum Gasteiger partial charge on any atom is -0.478 e. The van der Waals surface area contributed by atoms with Crippen LogP contribution in [-0.4, -0.2) is 19.4 Å². The molecule has 3 aromatic carbocycles. The first-order chi connectivity index (χ1) is 11.8. The highest BCUT2D eigenvalue weighted by atomic mass is 16.7. The van der Waals surface area contributed by atoms with Gasteiger partial charge in [0.25, 0.3) is 0 Å². The third-order valence-electron chi connectivity index (χ3n) is 3.68. The van der Waals surface area contributed by atoms with E-state index in [4.69, 9.17) is 18.9 Å². The average Bonchev–Trinajstić information content (AvgIpc) is 3.11. The number of benzene rings is 3. The maximum absolute atomic E-state index is 11.1. The Morgan fingerprint density at radius 3 is 2.21 bits per heavy atom. The van der Waals surface area contributed by atoms with E-state index in [1.165, 1.54) is 0 Å². The first-order valence-electron chi connectivity index (χ1n) is 7.51. The van der Waals surface area contributed by atoms with Crippen LogP contribution < -0.4 is 18.9 Å². The molecule has 5 rings (SSSR count). The lowest BCUT2D eigenvalue weighted by Gasteiger charge is -2.17. The highest BCUT2D eigenvalue weighted by Crippen LogP contribution is 2.37. The minimum absolute atomic E-state index is 0.00859. The zero-order chi connectivity index (χ0) is 16.4. The number of hydrogen-bond acceptors (Lipinski definition) is 5. The van der Waals surface area contributed by atoms with E-state index in [-0.39, 0.29) is 12.6 Å². The van der Waals surface area contributed by atoms with Gasteiger partial charge in [0.2, 0.25) is 6.79 Å². The number of carbonyl (C=O) groups excluding carboxylic acids is 1. The van der Waals surface area contributed by atoms with E-state index in [9.17, 15) is 4.79 Å². The molecule has 0 fully saturated rings. The van der Waals surface area contributed by atoms with Crippen LogP contribution in [0.3, 0.4) is 0 Å². The molecule has 0 amide bonds. The van der Waals surface area contributed by atoms with E-state index in [2.05, 4.69) is 0 Å². The first-order valence-corrected chi connectivity index (χ1v) is 7.51. The molecule has 0 saturated heterocycles. The van der Waals surface area contributed by atoms with Crippen molar-refractivity contribution in [3.63, 3.8) is 0 Å². The van der Waals surface area contributed by atoms with Crippen molar-refractivity contribution < 1.29 is 23.7 Å². The SMILES string of the molecule is O=C1COc2ccc3ccccc3c2O1.c1ccc2c(c1)OCO2. The van der Waals surface area contributed by atoms with Crippen LogP contribution in [-0.2, 0) is 4.79 Å². The van der Waals surface area contributed by atoms with Gasteiger partial charge in [-0.2, -0.15) is 0 Å². The number of esters is 1. The smallest absolute Gasteiger partial charge is 0.349 e. The summed E-state index contributed by atoms with van der Waals surface area (Å²) in [5.41, 5.74) is 0. The molecule has 2 aliphatic heterocycles. The average molecular weight is 322 g/mol. The van der Waals surface area contributed by atoms with Crippen LogP contribution in [0.15, 0.2) is 60.7 Å². The van der Waals surface area contributed by atoms with E-state index in [0.29, 0.717) is 18.3 Å². The molecule has 0 bridgehead atoms. The van der Waals surface area contributed by atoms with Crippen molar-refractivity contribution in [1.82, 2.24) is 0 Å². The number of ether oxygens (including phenoxy) is 4. The molecule has 0 aromatic heterocycles. The van der Waals surface area contributed by atoms with Gasteiger partial charge < -0.3 is 18.9 Å². The Kier molecular flexibility index (Phi) is 3.67. The van der Waals surface area contributed by atoms with Crippen LogP contribution in [0.5, 0.6) is 23.0 Å². The summed E-state index contributed by atoms with van der Waals surface area (Å²) in [6.07, 6.45) is 0. The third-order valence-corrected chi connectivity index (χ3v) is 3.68.